The molecule has 3 aromatic rings. The van der Waals surface area contributed by atoms with Gasteiger partial charge in [0.2, 0.25) is 5.13 Å². The van der Waals surface area contributed by atoms with E-state index in [1.807, 2.05) is 60.1 Å². The monoisotopic (exact) mass is 264 g/mol. The first-order chi connectivity index (χ1) is 9.42. The third-order valence-corrected chi connectivity index (χ3v) is 3.43. The quantitative estimate of drug-likeness (QED) is 0.636. The summed E-state index contributed by atoms with van der Waals surface area (Å²) in [4.78, 5) is 8.92. The molecule has 1 aromatic heterocycles. The fourth-order valence-electron chi connectivity index (χ4n) is 1.73. The average Bonchev–Trinajstić information content (AvgIpc) is 2.96. The van der Waals surface area contributed by atoms with Crippen LogP contribution in [0.3, 0.4) is 0 Å². The lowest BCUT2D eigenvalue weighted by Crippen LogP contribution is -1.78. The highest BCUT2D eigenvalue weighted by molar-refractivity contribution is 7.13. The number of hydrogen-bond acceptors (Lipinski definition) is 3. The summed E-state index contributed by atoms with van der Waals surface area (Å²) in [5.74, 6) is 0. The number of aliphatic imine (C=N–C) groups is 1. The van der Waals surface area contributed by atoms with Gasteiger partial charge in [0.05, 0.1) is 5.69 Å². The summed E-state index contributed by atoms with van der Waals surface area (Å²) in [6, 6.07) is 20.2. The van der Waals surface area contributed by atoms with Crippen molar-refractivity contribution in [2.75, 3.05) is 0 Å². The van der Waals surface area contributed by atoms with Gasteiger partial charge in [-0.05, 0) is 5.56 Å². The van der Waals surface area contributed by atoms with Crippen molar-refractivity contribution in [2.24, 2.45) is 4.99 Å². The molecule has 0 fully saturated rings. The lowest BCUT2D eigenvalue weighted by molar-refractivity contribution is 1.36. The third kappa shape index (κ3) is 2.95. The molecule has 0 aliphatic carbocycles. The van der Waals surface area contributed by atoms with E-state index >= 15 is 0 Å². The highest BCUT2D eigenvalue weighted by Gasteiger charge is 2.02. The minimum atomic E-state index is 0.780. The van der Waals surface area contributed by atoms with Gasteiger partial charge < -0.3 is 0 Å². The minimum Gasteiger partial charge on any atom is -0.227 e. The molecule has 0 aliphatic rings. The van der Waals surface area contributed by atoms with Crippen molar-refractivity contribution >= 4 is 22.7 Å². The molecule has 0 atom stereocenters. The minimum absolute atomic E-state index is 0.780. The Labute approximate surface area is 116 Å². The van der Waals surface area contributed by atoms with E-state index in [9.17, 15) is 0 Å². The number of rotatable bonds is 3. The summed E-state index contributed by atoms with van der Waals surface area (Å²) < 4.78 is 0. The van der Waals surface area contributed by atoms with Crippen molar-refractivity contribution in [1.82, 2.24) is 4.98 Å². The van der Waals surface area contributed by atoms with Crippen LogP contribution in [0, 0.1) is 0 Å². The molecule has 1 heterocycles. The molecule has 0 N–H and O–H groups in total. The fourth-order valence-corrected chi connectivity index (χ4v) is 2.40. The maximum Gasteiger partial charge on any atom is 0.209 e. The van der Waals surface area contributed by atoms with Crippen molar-refractivity contribution in [3.8, 4) is 11.3 Å². The van der Waals surface area contributed by atoms with E-state index in [-0.39, 0.29) is 0 Å². The van der Waals surface area contributed by atoms with Gasteiger partial charge in [-0.2, -0.15) is 0 Å². The van der Waals surface area contributed by atoms with E-state index in [2.05, 4.69) is 22.1 Å². The molecule has 0 bridgehead atoms. The predicted molar refractivity (Wildman–Crippen MR) is 81.2 cm³/mol. The molecule has 0 unspecified atom stereocenters. The Balaban J connectivity index is 1.81. The van der Waals surface area contributed by atoms with E-state index in [1.165, 1.54) is 0 Å². The van der Waals surface area contributed by atoms with Gasteiger partial charge in [-0.3, -0.25) is 0 Å². The first-order valence-electron chi connectivity index (χ1n) is 6.02. The summed E-state index contributed by atoms with van der Waals surface area (Å²) in [5, 5.41) is 2.82. The van der Waals surface area contributed by atoms with Crippen LogP contribution < -0.4 is 0 Å². The molecule has 3 heteroatoms. The Kier molecular flexibility index (Phi) is 3.47. The number of aromatic nitrogens is 1. The highest BCUT2D eigenvalue weighted by atomic mass is 32.1. The maximum atomic E-state index is 4.52. The van der Waals surface area contributed by atoms with E-state index in [1.54, 1.807) is 11.3 Å². The Bertz CT molecular complexity index is 672. The van der Waals surface area contributed by atoms with E-state index < -0.39 is 0 Å². The number of benzene rings is 2. The molecule has 2 aromatic carbocycles. The predicted octanol–water partition coefficient (Wildman–Crippen LogP) is 4.56. The first kappa shape index (κ1) is 11.8. The second-order valence-electron chi connectivity index (χ2n) is 4.05. The molecule has 3 rings (SSSR count). The molecular weight excluding hydrogens is 252 g/mol. The van der Waals surface area contributed by atoms with Gasteiger partial charge in [-0.25, -0.2) is 9.98 Å². The SMILES string of the molecule is C(=Nc1nc(-c2ccccc2)cs1)c1ccccc1. The van der Waals surface area contributed by atoms with E-state index in [0.717, 1.165) is 22.0 Å². The smallest absolute Gasteiger partial charge is 0.209 e. The van der Waals surface area contributed by atoms with Gasteiger partial charge >= 0.3 is 0 Å². The maximum absolute atomic E-state index is 4.52. The first-order valence-corrected chi connectivity index (χ1v) is 6.90. The third-order valence-electron chi connectivity index (χ3n) is 2.69. The van der Waals surface area contributed by atoms with Gasteiger partial charge in [-0.15, -0.1) is 11.3 Å². The lowest BCUT2D eigenvalue weighted by Gasteiger charge is -1.93. The van der Waals surface area contributed by atoms with Crippen LogP contribution in [-0.2, 0) is 0 Å². The molecule has 0 amide bonds. The van der Waals surface area contributed by atoms with Crippen LogP contribution in [0.4, 0.5) is 5.13 Å². The van der Waals surface area contributed by atoms with Crippen LogP contribution in [0.15, 0.2) is 71.0 Å². The number of thiazole rings is 1. The zero-order valence-corrected chi connectivity index (χ0v) is 11.0. The second-order valence-corrected chi connectivity index (χ2v) is 4.89. The molecule has 2 nitrogen and oxygen atoms in total. The molecule has 0 saturated heterocycles. The topological polar surface area (TPSA) is 25.2 Å². The molecule has 0 saturated carbocycles. The molecule has 0 spiro atoms. The Hall–Kier alpha value is -2.26. The highest BCUT2D eigenvalue weighted by Crippen LogP contribution is 2.26. The summed E-state index contributed by atoms with van der Waals surface area (Å²) in [7, 11) is 0. The van der Waals surface area contributed by atoms with Crippen molar-refractivity contribution in [2.45, 2.75) is 0 Å². The van der Waals surface area contributed by atoms with Gasteiger partial charge in [0.15, 0.2) is 0 Å². The molecular formula is C16H12N2S. The van der Waals surface area contributed by atoms with Crippen LogP contribution in [0.5, 0.6) is 0 Å². The van der Waals surface area contributed by atoms with Crippen LogP contribution >= 0.6 is 11.3 Å². The summed E-state index contributed by atoms with van der Waals surface area (Å²) in [6.07, 6.45) is 1.84. The number of hydrogen-bond donors (Lipinski definition) is 0. The summed E-state index contributed by atoms with van der Waals surface area (Å²) >= 11 is 1.55. The van der Waals surface area contributed by atoms with Gasteiger partial charge in [0, 0.05) is 17.2 Å². The summed E-state index contributed by atoms with van der Waals surface area (Å²) in [6.45, 7) is 0. The van der Waals surface area contributed by atoms with Gasteiger partial charge in [-0.1, -0.05) is 60.7 Å². The number of nitrogens with zero attached hydrogens (tertiary/aromatic N) is 2. The molecule has 0 radical (unpaired) electrons. The standard InChI is InChI=1S/C16H12N2S/c1-3-7-13(8-4-1)11-17-16-18-15(12-19-16)14-9-5-2-6-10-14/h1-12H. The van der Waals surface area contributed by atoms with Gasteiger partial charge in [0.1, 0.15) is 0 Å². The fraction of sp³-hybridized carbons (Fsp3) is 0. The van der Waals surface area contributed by atoms with E-state index in [0.29, 0.717) is 0 Å². The van der Waals surface area contributed by atoms with Crippen molar-refractivity contribution in [1.29, 1.82) is 0 Å². The average molecular weight is 264 g/mol. The van der Waals surface area contributed by atoms with Crippen molar-refractivity contribution in [3.63, 3.8) is 0 Å². The summed E-state index contributed by atoms with van der Waals surface area (Å²) in [5.41, 5.74) is 3.18. The molecule has 0 aliphatic heterocycles. The molecule has 19 heavy (non-hydrogen) atoms. The van der Waals surface area contributed by atoms with Crippen LogP contribution in [0.25, 0.3) is 11.3 Å². The Morgan fingerprint density at radius 3 is 2.32 bits per heavy atom. The molecule has 92 valence electrons. The zero-order chi connectivity index (χ0) is 12.9. The van der Waals surface area contributed by atoms with Crippen molar-refractivity contribution in [3.05, 3.63) is 71.6 Å². The largest absolute Gasteiger partial charge is 0.227 e. The van der Waals surface area contributed by atoms with E-state index in [4.69, 9.17) is 0 Å². The Morgan fingerprint density at radius 1 is 0.895 bits per heavy atom. The normalized spacial score (nSPS) is 10.9. The van der Waals surface area contributed by atoms with Crippen LogP contribution in [0.2, 0.25) is 0 Å². The van der Waals surface area contributed by atoms with Crippen LogP contribution in [-0.4, -0.2) is 11.2 Å². The van der Waals surface area contributed by atoms with Crippen LogP contribution in [0.1, 0.15) is 5.56 Å². The van der Waals surface area contributed by atoms with Gasteiger partial charge in [0.25, 0.3) is 0 Å². The van der Waals surface area contributed by atoms with Crippen molar-refractivity contribution < 1.29 is 0 Å². The zero-order valence-electron chi connectivity index (χ0n) is 10.2. The second kappa shape index (κ2) is 5.59. The lowest BCUT2D eigenvalue weighted by atomic mass is 10.2. The Morgan fingerprint density at radius 2 is 1.58 bits per heavy atom.